The Morgan fingerprint density at radius 3 is 2.83 bits per heavy atom. The van der Waals surface area contributed by atoms with Crippen LogP contribution in [0.5, 0.6) is 0 Å². The predicted molar refractivity (Wildman–Crippen MR) is 65.8 cm³/mol. The van der Waals surface area contributed by atoms with Gasteiger partial charge in [-0.1, -0.05) is 18.2 Å². The molecule has 0 saturated heterocycles. The number of hydrogen-bond donors (Lipinski definition) is 3. The number of aliphatic hydroxyl groups excluding tert-OH is 2. The molecule has 18 heavy (non-hydrogen) atoms. The molecule has 1 rings (SSSR count). The van der Waals surface area contributed by atoms with Crippen LogP contribution in [0.25, 0.3) is 0 Å². The predicted octanol–water partition coefficient (Wildman–Crippen LogP) is 1.54. The number of carboxylic acid groups (broad SMARTS) is 1. The van der Waals surface area contributed by atoms with Crippen LogP contribution in [0.1, 0.15) is 6.42 Å². The van der Waals surface area contributed by atoms with Gasteiger partial charge in [-0.2, -0.15) is 0 Å². The summed E-state index contributed by atoms with van der Waals surface area (Å²) in [6.45, 7) is 3.59. The smallest absolute Gasteiger partial charge is 0.328 e. The zero-order chi connectivity index (χ0) is 13.8. The average Bonchev–Trinajstić information content (AvgIpc) is 2.32. The van der Waals surface area contributed by atoms with Crippen molar-refractivity contribution in [2.75, 3.05) is 7.11 Å². The maximum absolute atomic E-state index is 10.6. The quantitative estimate of drug-likeness (QED) is 0.510. The van der Waals surface area contributed by atoms with E-state index in [0.29, 0.717) is 6.42 Å². The van der Waals surface area contributed by atoms with Crippen LogP contribution in [-0.2, 0) is 9.53 Å². The van der Waals surface area contributed by atoms with Crippen LogP contribution in [0.4, 0.5) is 0 Å². The van der Waals surface area contributed by atoms with Gasteiger partial charge in [-0.15, -0.1) is 6.58 Å². The van der Waals surface area contributed by atoms with Crippen molar-refractivity contribution in [1.29, 1.82) is 0 Å². The minimum atomic E-state index is -1.17. The minimum absolute atomic E-state index is 0.00869. The molecule has 0 amide bonds. The zero-order valence-corrected chi connectivity index (χ0v) is 10.0. The van der Waals surface area contributed by atoms with Gasteiger partial charge < -0.3 is 20.1 Å². The largest absolute Gasteiger partial charge is 0.504 e. The van der Waals surface area contributed by atoms with E-state index in [1.165, 1.54) is 25.3 Å². The van der Waals surface area contributed by atoms with E-state index in [9.17, 15) is 15.0 Å². The van der Waals surface area contributed by atoms with Gasteiger partial charge in [-0.05, 0) is 12.5 Å². The van der Waals surface area contributed by atoms with E-state index >= 15 is 0 Å². The molecule has 0 fully saturated rings. The molecule has 0 aromatic carbocycles. The normalized spacial score (nSPS) is 27.6. The number of aliphatic hydroxyl groups is 2. The standard InChI is InChI=1S/C13H16O5/c1-3-6-13(8-5-10(15)16)7-4-9(14)11(18-2)12(13)17/h3-5,7-8,12,14,17H,1,6H2,2H3,(H,15,16). The fourth-order valence-corrected chi connectivity index (χ4v) is 1.88. The van der Waals surface area contributed by atoms with Crippen molar-refractivity contribution >= 4 is 5.97 Å². The van der Waals surface area contributed by atoms with E-state index in [1.807, 2.05) is 0 Å². The van der Waals surface area contributed by atoms with Gasteiger partial charge in [0.25, 0.3) is 0 Å². The maximum Gasteiger partial charge on any atom is 0.328 e. The number of ether oxygens (including phenoxy) is 1. The number of methoxy groups -OCH3 is 1. The molecule has 5 nitrogen and oxygen atoms in total. The average molecular weight is 252 g/mol. The molecule has 2 unspecified atom stereocenters. The Morgan fingerprint density at radius 2 is 2.33 bits per heavy atom. The third-order valence-corrected chi connectivity index (χ3v) is 2.82. The highest BCUT2D eigenvalue weighted by Crippen LogP contribution is 2.39. The molecule has 5 heteroatoms. The Labute approximate surface area is 105 Å². The highest BCUT2D eigenvalue weighted by molar-refractivity contribution is 5.80. The first kappa shape index (κ1) is 14.1. The zero-order valence-electron chi connectivity index (χ0n) is 10.0. The number of aliphatic carboxylic acids is 1. The van der Waals surface area contributed by atoms with Crippen molar-refractivity contribution in [2.24, 2.45) is 5.41 Å². The Bertz CT molecular complexity index is 433. The van der Waals surface area contributed by atoms with E-state index in [1.54, 1.807) is 6.08 Å². The second-order valence-corrected chi connectivity index (χ2v) is 3.97. The van der Waals surface area contributed by atoms with Crippen LogP contribution in [0.2, 0.25) is 0 Å². The summed E-state index contributed by atoms with van der Waals surface area (Å²) in [6.07, 6.45) is 5.94. The molecule has 0 bridgehead atoms. The maximum atomic E-state index is 10.6. The Kier molecular flexibility index (Phi) is 4.33. The topological polar surface area (TPSA) is 87.0 Å². The van der Waals surface area contributed by atoms with Gasteiger partial charge in [0.1, 0.15) is 6.10 Å². The van der Waals surface area contributed by atoms with E-state index < -0.39 is 17.5 Å². The van der Waals surface area contributed by atoms with E-state index in [-0.39, 0.29) is 11.5 Å². The summed E-state index contributed by atoms with van der Waals surface area (Å²) in [5, 5.41) is 28.4. The number of hydrogen-bond acceptors (Lipinski definition) is 4. The monoisotopic (exact) mass is 252 g/mol. The molecular weight excluding hydrogens is 236 g/mol. The number of allylic oxidation sites excluding steroid dienone is 2. The number of carboxylic acids is 1. The van der Waals surface area contributed by atoms with Gasteiger partial charge in [0.15, 0.2) is 11.5 Å². The van der Waals surface area contributed by atoms with Crippen molar-refractivity contribution in [2.45, 2.75) is 12.5 Å². The Hall–Kier alpha value is -2.01. The first-order valence-electron chi connectivity index (χ1n) is 5.34. The highest BCUT2D eigenvalue weighted by Gasteiger charge is 2.39. The molecular formula is C13H16O5. The van der Waals surface area contributed by atoms with Crippen LogP contribution >= 0.6 is 0 Å². The molecule has 0 radical (unpaired) electrons. The summed E-state index contributed by atoms with van der Waals surface area (Å²) in [4.78, 5) is 10.6. The molecule has 0 saturated carbocycles. The molecule has 0 heterocycles. The van der Waals surface area contributed by atoms with Gasteiger partial charge in [0.05, 0.1) is 7.11 Å². The van der Waals surface area contributed by atoms with Crippen LogP contribution < -0.4 is 0 Å². The van der Waals surface area contributed by atoms with Gasteiger partial charge >= 0.3 is 5.97 Å². The number of carbonyl (C=O) groups is 1. The number of rotatable bonds is 5. The van der Waals surface area contributed by atoms with Crippen molar-refractivity contribution in [3.63, 3.8) is 0 Å². The first-order chi connectivity index (χ1) is 8.46. The second-order valence-electron chi connectivity index (χ2n) is 3.97. The molecule has 2 atom stereocenters. The van der Waals surface area contributed by atoms with E-state index in [4.69, 9.17) is 9.84 Å². The fourth-order valence-electron chi connectivity index (χ4n) is 1.88. The molecule has 0 spiro atoms. The lowest BCUT2D eigenvalue weighted by atomic mass is 9.75. The third-order valence-electron chi connectivity index (χ3n) is 2.82. The lowest BCUT2D eigenvalue weighted by Crippen LogP contribution is -2.36. The van der Waals surface area contributed by atoms with Crippen LogP contribution in [0.3, 0.4) is 0 Å². The molecule has 0 aromatic rings. The van der Waals surface area contributed by atoms with Crippen molar-refractivity contribution in [3.8, 4) is 0 Å². The third kappa shape index (κ3) is 2.62. The molecule has 0 aromatic heterocycles. The first-order valence-corrected chi connectivity index (χ1v) is 5.34. The summed E-state index contributed by atoms with van der Waals surface area (Å²) >= 11 is 0. The van der Waals surface area contributed by atoms with Gasteiger partial charge in [0, 0.05) is 11.5 Å². The SMILES string of the molecule is C=CCC1(C=CC(=O)O)C=CC(O)=C(OC)C1O. The Morgan fingerprint density at radius 1 is 1.67 bits per heavy atom. The van der Waals surface area contributed by atoms with Gasteiger partial charge in [-0.25, -0.2) is 4.79 Å². The summed E-state index contributed by atoms with van der Waals surface area (Å²) in [5.74, 6) is -1.28. The van der Waals surface area contributed by atoms with Gasteiger partial charge in [0.2, 0.25) is 0 Å². The summed E-state index contributed by atoms with van der Waals surface area (Å²) in [7, 11) is 1.33. The molecule has 1 aliphatic carbocycles. The molecule has 0 aliphatic heterocycles. The second kappa shape index (κ2) is 5.55. The fraction of sp³-hybridized carbons (Fsp3) is 0.308. The van der Waals surface area contributed by atoms with Crippen molar-refractivity contribution in [3.05, 3.63) is 48.5 Å². The molecule has 98 valence electrons. The van der Waals surface area contributed by atoms with Crippen LogP contribution in [-0.4, -0.2) is 34.5 Å². The van der Waals surface area contributed by atoms with E-state index in [0.717, 1.165) is 6.08 Å². The lowest BCUT2D eigenvalue weighted by molar-refractivity contribution is -0.131. The van der Waals surface area contributed by atoms with Crippen molar-refractivity contribution < 1.29 is 24.9 Å². The van der Waals surface area contributed by atoms with Crippen molar-refractivity contribution in [1.82, 2.24) is 0 Å². The summed E-state index contributed by atoms with van der Waals surface area (Å²) in [6, 6.07) is 0. The van der Waals surface area contributed by atoms with Crippen LogP contribution in [0, 0.1) is 5.41 Å². The summed E-state index contributed by atoms with van der Waals surface area (Å²) in [5.41, 5.74) is -0.974. The molecule has 3 N–H and O–H groups in total. The van der Waals surface area contributed by atoms with Gasteiger partial charge in [-0.3, -0.25) is 0 Å². The Balaban J connectivity index is 3.19. The van der Waals surface area contributed by atoms with E-state index in [2.05, 4.69) is 6.58 Å². The highest BCUT2D eigenvalue weighted by atomic mass is 16.5. The lowest BCUT2D eigenvalue weighted by Gasteiger charge is -2.35. The van der Waals surface area contributed by atoms with Crippen LogP contribution in [0.15, 0.2) is 48.5 Å². The minimum Gasteiger partial charge on any atom is -0.504 e. The summed E-state index contributed by atoms with van der Waals surface area (Å²) < 4.78 is 4.94. The molecule has 1 aliphatic rings.